The van der Waals surface area contributed by atoms with Crippen molar-refractivity contribution in [3.8, 4) is 5.69 Å². The second-order valence-electron chi connectivity index (χ2n) is 5.61. The molecule has 23 heavy (non-hydrogen) atoms. The van der Waals surface area contributed by atoms with Gasteiger partial charge in [-0.1, -0.05) is 5.21 Å². The van der Waals surface area contributed by atoms with Crippen molar-refractivity contribution in [3.05, 3.63) is 48.2 Å². The highest BCUT2D eigenvalue weighted by Gasteiger charge is 2.20. The Balaban J connectivity index is 1.34. The third-order valence-corrected chi connectivity index (χ3v) is 4.94. The second-order valence-corrected chi connectivity index (χ2v) is 6.49. The summed E-state index contributed by atoms with van der Waals surface area (Å²) in [6.07, 6.45) is 7.66. The quantitative estimate of drug-likeness (QED) is 0.799. The van der Waals surface area contributed by atoms with Gasteiger partial charge in [0.15, 0.2) is 5.13 Å². The normalized spacial score (nSPS) is 15.7. The minimum atomic E-state index is 0.517. The first-order chi connectivity index (χ1) is 11.4. The number of hydrogen-bond acceptors (Lipinski definition) is 6. The van der Waals surface area contributed by atoms with E-state index < -0.39 is 0 Å². The largest absolute Gasteiger partial charge is 0.382 e. The summed E-state index contributed by atoms with van der Waals surface area (Å²) in [5.41, 5.74) is 2.17. The molecule has 1 aromatic carbocycles. The molecule has 0 aliphatic carbocycles. The Labute approximate surface area is 138 Å². The molecule has 1 aliphatic heterocycles. The van der Waals surface area contributed by atoms with E-state index >= 15 is 0 Å². The van der Waals surface area contributed by atoms with E-state index in [1.165, 1.54) is 0 Å². The zero-order chi connectivity index (χ0) is 15.5. The third-order valence-electron chi connectivity index (χ3n) is 4.11. The zero-order valence-corrected chi connectivity index (χ0v) is 13.5. The average Bonchev–Trinajstić information content (AvgIpc) is 3.30. The lowest BCUT2D eigenvalue weighted by molar-refractivity contribution is 0.526. The number of nitrogens with zero attached hydrogens (tertiary/aromatic N) is 5. The maximum Gasteiger partial charge on any atom is 0.185 e. The number of benzene rings is 1. The lowest BCUT2D eigenvalue weighted by Crippen LogP contribution is -2.39. The van der Waals surface area contributed by atoms with Crippen molar-refractivity contribution in [3.63, 3.8) is 0 Å². The number of rotatable bonds is 4. The Hall–Kier alpha value is -2.41. The van der Waals surface area contributed by atoms with Crippen LogP contribution in [0, 0.1) is 0 Å². The standard InChI is InChI=1S/C16H18N6S/c1-3-15(22-11-7-18-20-22)4-2-13(1)19-14-5-9-21(10-6-14)16-17-8-12-23-16/h1-4,7-8,11-12,14,19H,5-6,9-10H2. The first kappa shape index (κ1) is 14.2. The Morgan fingerprint density at radius 3 is 2.57 bits per heavy atom. The van der Waals surface area contributed by atoms with Crippen LogP contribution < -0.4 is 10.2 Å². The van der Waals surface area contributed by atoms with E-state index in [-0.39, 0.29) is 0 Å². The van der Waals surface area contributed by atoms with Crippen LogP contribution in [0.2, 0.25) is 0 Å². The molecule has 2 aromatic heterocycles. The minimum absolute atomic E-state index is 0.517. The number of piperidine rings is 1. The molecular formula is C16H18N6S. The predicted octanol–water partition coefficient (Wildman–Crippen LogP) is 2.80. The molecule has 0 unspecified atom stereocenters. The van der Waals surface area contributed by atoms with E-state index in [9.17, 15) is 0 Å². The maximum absolute atomic E-state index is 4.39. The first-order valence-electron chi connectivity index (χ1n) is 7.76. The molecule has 0 radical (unpaired) electrons. The van der Waals surface area contributed by atoms with Gasteiger partial charge >= 0.3 is 0 Å². The summed E-state index contributed by atoms with van der Waals surface area (Å²) in [5.74, 6) is 0. The molecule has 7 heteroatoms. The van der Waals surface area contributed by atoms with E-state index in [1.807, 2.05) is 17.8 Å². The predicted molar refractivity (Wildman–Crippen MR) is 92.3 cm³/mol. The average molecular weight is 326 g/mol. The zero-order valence-electron chi connectivity index (χ0n) is 12.7. The van der Waals surface area contributed by atoms with Gasteiger partial charge in [0.1, 0.15) is 0 Å². The molecule has 1 saturated heterocycles. The molecule has 1 aliphatic rings. The van der Waals surface area contributed by atoms with Gasteiger partial charge in [0.2, 0.25) is 0 Å². The Bertz CT molecular complexity index is 715. The van der Waals surface area contributed by atoms with Crippen molar-refractivity contribution in [2.75, 3.05) is 23.3 Å². The Morgan fingerprint density at radius 1 is 1.09 bits per heavy atom. The van der Waals surface area contributed by atoms with Crippen molar-refractivity contribution in [1.29, 1.82) is 0 Å². The lowest BCUT2D eigenvalue weighted by Gasteiger charge is -2.32. The van der Waals surface area contributed by atoms with Crippen LogP contribution in [-0.2, 0) is 0 Å². The van der Waals surface area contributed by atoms with Crippen LogP contribution in [0.4, 0.5) is 10.8 Å². The number of aromatic nitrogens is 4. The van der Waals surface area contributed by atoms with Gasteiger partial charge in [-0.25, -0.2) is 9.67 Å². The summed E-state index contributed by atoms with van der Waals surface area (Å²) >= 11 is 1.72. The van der Waals surface area contributed by atoms with Crippen molar-refractivity contribution >= 4 is 22.2 Å². The van der Waals surface area contributed by atoms with Crippen LogP contribution in [0.15, 0.2) is 48.2 Å². The summed E-state index contributed by atoms with van der Waals surface area (Å²) in [6.45, 7) is 2.12. The fraction of sp³-hybridized carbons (Fsp3) is 0.312. The van der Waals surface area contributed by atoms with E-state index in [2.05, 4.69) is 49.8 Å². The fourth-order valence-electron chi connectivity index (χ4n) is 2.88. The first-order valence-corrected chi connectivity index (χ1v) is 8.64. The fourth-order valence-corrected chi connectivity index (χ4v) is 3.58. The number of nitrogens with one attached hydrogen (secondary N) is 1. The van der Waals surface area contributed by atoms with Crippen molar-refractivity contribution in [2.24, 2.45) is 0 Å². The van der Waals surface area contributed by atoms with Crippen LogP contribution in [0.25, 0.3) is 5.69 Å². The van der Waals surface area contributed by atoms with E-state index in [0.717, 1.165) is 42.4 Å². The monoisotopic (exact) mass is 326 g/mol. The molecule has 3 aromatic rings. The van der Waals surface area contributed by atoms with Gasteiger partial charge in [-0.2, -0.15) is 0 Å². The van der Waals surface area contributed by atoms with Crippen LogP contribution in [-0.4, -0.2) is 39.1 Å². The maximum atomic E-state index is 4.39. The molecule has 6 nitrogen and oxygen atoms in total. The second kappa shape index (κ2) is 6.37. The Kier molecular flexibility index (Phi) is 3.94. The van der Waals surface area contributed by atoms with Gasteiger partial charge in [0, 0.05) is 36.4 Å². The molecule has 3 heterocycles. The number of anilines is 2. The topological polar surface area (TPSA) is 58.9 Å². The van der Waals surface area contributed by atoms with E-state index in [1.54, 1.807) is 22.2 Å². The summed E-state index contributed by atoms with van der Waals surface area (Å²) in [4.78, 5) is 6.77. The van der Waals surface area contributed by atoms with Crippen LogP contribution >= 0.6 is 11.3 Å². The van der Waals surface area contributed by atoms with Gasteiger partial charge in [0.05, 0.1) is 18.1 Å². The van der Waals surface area contributed by atoms with Gasteiger partial charge in [-0.05, 0) is 37.1 Å². The van der Waals surface area contributed by atoms with Gasteiger partial charge in [-0.15, -0.1) is 16.4 Å². The lowest BCUT2D eigenvalue weighted by atomic mass is 10.1. The number of hydrogen-bond donors (Lipinski definition) is 1. The molecular weight excluding hydrogens is 308 g/mol. The van der Waals surface area contributed by atoms with E-state index in [4.69, 9.17) is 0 Å². The Morgan fingerprint density at radius 2 is 1.91 bits per heavy atom. The van der Waals surface area contributed by atoms with Crippen molar-refractivity contribution < 1.29 is 0 Å². The van der Waals surface area contributed by atoms with Gasteiger partial charge < -0.3 is 10.2 Å². The summed E-state index contributed by atoms with van der Waals surface area (Å²) < 4.78 is 1.76. The molecule has 0 atom stereocenters. The van der Waals surface area contributed by atoms with Crippen molar-refractivity contribution in [2.45, 2.75) is 18.9 Å². The van der Waals surface area contributed by atoms with E-state index in [0.29, 0.717) is 6.04 Å². The number of thiazole rings is 1. The molecule has 0 amide bonds. The molecule has 1 N–H and O–H groups in total. The summed E-state index contributed by atoms with van der Waals surface area (Å²) in [7, 11) is 0. The van der Waals surface area contributed by atoms with Crippen molar-refractivity contribution in [1.82, 2.24) is 20.0 Å². The summed E-state index contributed by atoms with van der Waals surface area (Å²) in [6, 6.07) is 8.83. The van der Waals surface area contributed by atoms with Gasteiger partial charge in [-0.3, -0.25) is 0 Å². The molecule has 118 valence electrons. The van der Waals surface area contributed by atoms with Gasteiger partial charge in [0.25, 0.3) is 0 Å². The highest BCUT2D eigenvalue weighted by atomic mass is 32.1. The van der Waals surface area contributed by atoms with Crippen LogP contribution in [0.1, 0.15) is 12.8 Å². The molecule has 1 fully saturated rings. The minimum Gasteiger partial charge on any atom is -0.382 e. The molecule has 4 rings (SSSR count). The third kappa shape index (κ3) is 3.19. The molecule has 0 bridgehead atoms. The molecule has 0 saturated carbocycles. The van der Waals surface area contributed by atoms with Crippen LogP contribution in [0.3, 0.4) is 0 Å². The molecule has 0 spiro atoms. The summed E-state index contributed by atoms with van der Waals surface area (Å²) in [5, 5.41) is 14.6. The SMILES string of the molecule is c1cn(-c2ccc(NC3CCN(c4nccs4)CC3)cc2)nn1. The highest BCUT2D eigenvalue weighted by Crippen LogP contribution is 2.24. The smallest absolute Gasteiger partial charge is 0.185 e. The highest BCUT2D eigenvalue weighted by molar-refractivity contribution is 7.13. The van der Waals surface area contributed by atoms with Crippen LogP contribution in [0.5, 0.6) is 0 Å².